The van der Waals surface area contributed by atoms with E-state index in [1.165, 1.54) is 22.1 Å². The van der Waals surface area contributed by atoms with Gasteiger partial charge in [-0.25, -0.2) is 0 Å². The van der Waals surface area contributed by atoms with Gasteiger partial charge in [-0.05, 0) is 28.1 Å². The molecule has 0 amide bonds. The summed E-state index contributed by atoms with van der Waals surface area (Å²) >= 11 is 4.54. The fourth-order valence-electron chi connectivity index (χ4n) is 1.46. The molecule has 6 nitrogen and oxygen atoms in total. The van der Waals surface area contributed by atoms with Gasteiger partial charge in [-0.1, -0.05) is 0 Å². The lowest BCUT2D eigenvalue weighted by molar-refractivity contribution is -0.386. The molecule has 0 unspecified atom stereocenters. The third-order valence-electron chi connectivity index (χ3n) is 2.33. The SMILES string of the molecule is O=C(Cn1ccc(=O)c([N+](=O)[O-])c1)c1ccc(Br)s1. The lowest BCUT2D eigenvalue weighted by Gasteiger charge is -2.03. The minimum absolute atomic E-state index is 0.0475. The summed E-state index contributed by atoms with van der Waals surface area (Å²) in [5, 5.41) is 10.6. The molecule has 0 bridgehead atoms. The van der Waals surface area contributed by atoms with Crippen molar-refractivity contribution in [3.05, 3.63) is 59.6 Å². The zero-order valence-electron chi connectivity index (χ0n) is 9.41. The van der Waals surface area contributed by atoms with Gasteiger partial charge < -0.3 is 4.57 Å². The molecule has 0 atom stereocenters. The van der Waals surface area contributed by atoms with Crippen molar-refractivity contribution in [1.29, 1.82) is 0 Å². The third kappa shape index (κ3) is 3.15. The molecular formula is C11H7BrN2O4S. The van der Waals surface area contributed by atoms with Crippen molar-refractivity contribution < 1.29 is 9.72 Å². The number of carbonyl (C=O) groups is 1. The van der Waals surface area contributed by atoms with Crippen LogP contribution in [0.2, 0.25) is 0 Å². The maximum absolute atomic E-state index is 11.9. The van der Waals surface area contributed by atoms with Crippen LogP contribution < -0.4 is 5.43 Å². The Labute approximate surface area is 119 Å². The van der Waals surface area contributed by atoms with Crippen molar-refractivity contribution in [3.63, 3.8) is 0 Å². The molecule has 98 valence electrons. The molecule has 19 heavy (non-hydrogen) atoms. The van der Waals surface area contributed by atoms with Crippen molar-refractivity contribution in [3.8, 4) is 0 Å². The molecule has 8 heteroatoms. The number of Topliss-reactive ketones (excluding diaryl/α,β-unsaturated/α-hetero) is 1. The maximum Gasteiger partial charge on any atom is 0.332 e. The Morgan fingerprint density at radius 3 is 2.74 bits per heavy atom. The molecule has 0 aliphatic heterocycles. The van der Waals surface area contributed by atoms with Gasteiger partial charge in [-0.3, -0.25) is 19.7 Å². The molecule has 2 aromatic heterocycles. The Morgan fingerprint density at radius 2 is 2.16 bits per heavy atom. The number of nitro groups is 1. The number of aromatic nitrogens is 1. The van der Waals surface area contributed by atoms with Gasteiger partial charge in [0.1, 0.15) is 0 Å². The first-order chi connectivity index (χ1) is 8.97. The van der Waals surface area contributed by atoms with Gasteiger partial charge in [-0.2, -0.15) is 0 Å². The molecule has 0 aromatic carbocycles. The van der Waals surface area contributed by atoms with E-state index in [4.69, 9.17) is 0 Å². The van der Waals surface area contributed by atoms with Crippen molar-refractivity contribution in [1.82, 2.24) is 4.57 Å². The van der Waals surface area contributed by atoms with Crippen LogP contribution in [0.5, 0.6) is 0 Å². The molecule has 0 aliphatic carbocycles. The first kappa shape index (κ1) is 13.6. The quantitative estimate of drug-likeness (QED) is 0.485. The summed E-state index contributed by atoms with van der Waals surface area (Å²) in [5.74, 6) is -0.173. The molecule has 0 radical (unpaired) electrons. The number of thiophene rings is 1. The van der Waals surface area contributed by atoms with Crippen LogP contribution in [0.15, 0.2) is 39.2 Å². The van der Waals surface area contributed by atoms with E-state index in [0.29, 0.717) is 4.88 Å². The zero-order valence-corrected chi connectivity index (χ0v) is 11.8. The van der Waals surface area contributed by atoms with Crippen LogP contribution in [0.25, 0.3) is 0 Å². The zero-order chi connectivity index (χ0) is 14.0. The maximum atomic E-state index is 11.9. The molecule has 0 N–H and O–H groups in total. The smallest absolute Gasteiger partial charge is 0.332 e. The van der Waals surface area contributed by atoms with Gasteiger partial charge in [0, 0.05) is 12.3 Å². The van der Waals surface area contributed by atoms with Crippen LogP contribution in [0.3, 0.4) is 0 Å². The van der Waals surface area contributed by atoms with Gasteiger partial charge in [-0.15, -0.1) is 11.3 Å². The second kappa shape index (κ2) is 5.45. The van der Waals surface area contributed by atoms with E-state index in [1.54, 1.807) is 12.1 Å². The van der Waals surface area contributed by atoms with E-state index in [-0.39, 0.29) is 12.3 Å². The van der Waals surface area contributed by atoms with Crippen LogP contribution in [0.4, 0.5) is 5.69 Å². The number of carbonyl (C=O) groups excluding carboxylic acids is 1. The summed E-state index contributed by atoms with van der Waals surface area (Å²) in [5.41, 5.74) is -1.21. The summed E-state index contributed by atoms with van der Waals surface area (Å²) in [4.78, 5) is 33.6. The van der Waals surface area contributed by atoms with Crippen molar-refractivity contribution in [2.75, 3.05) is 0 Å². The number of ketones is 1. The molecule has 2 aromatic rings. The normalized spacial score (nSPS) is 10.4. The highest BCUT2D eigenvalue weighted by Crippen LogP contribution is 2.22. The lowest BCUT2D eigenvalue weighted by atomic mass is 10.3. The number of halogens is 1. The number of hydrogen-bond donors (Lipinski definition) is 0. The van der Waals surface area contributed by atoms with Crippen LogP contribution in [-0.2, 0) is 6.54 Å². The fourth-order valence-corrected chi connectivity index (χ4v) is 2.77. The number of hydrogen-bond acceptors (Lipinski definition) is 5. The van der Waals surface area contributed by atoms with E-state index in [2.05, 4.69) is 15.9 Å². The van der Waals surface area contributed by atoms with Crippen LogP contribution in [-0.4, -0.2) is 15.3 Å². The third-order valence-corrected chi connectivity index (χ3v) is 3.99. The highest BCUT2D eigenvalue weighted by atomic mass is 79.9. The van der Waals surface area contributed by atoms with Crippen LogP contribution in [0.1, 0.15) is 9.67 Å². The first-order valence-corrected chi connectivity index (χ1v) is 6.71. The second-order valence-electron chi connectivity index (χ2n) is 3.65. The number of nitrogens with zero attached hydrogens (tertiary/aromatic N) is 2. The number of pyridine rings is 1. The van der Waals surface area contributed by atoms with Crippen molar-refractivity contribution in [2.45, 2.75) is 6.54 Å². The van der Waals surface area contributed by atoms with E-state index in [0.717, 1.165) is 16.0 Å². The molecule has 0 fully saturated rings. The molecule has 0 spiro atoms. The van der Waals surface area contributed by atoms with Gasteiger partial charge >= 0.3 is 5.69 Å². The molecular weight excluding hydrogens is 336 g/mol. The average molecular weight is 343 g/mol. The van der Waals surface area contributed by atoms with E-state index in [9.17, 15) is 19.7 Å². The Kier molecular flexibility index (Phi) is 3.91. The molecule has 0 saturated heterocycles. The largest absolute Gasteiger partial charge is 0.340 e. The minimum Gasteiger partial charge on any atom is -0.340 e. The summed E-state index contributed by atoms with van der Waals surface area (Å²) in [6, 6.07) is 4.51. The van der Waals surface area contributed by atoms with E-state index < -0.39 is 16.0 Å². The van der Waals surface area contributed by atoms with E-state index >= 15 is 0 Å². The first-order valence-electron chi connectivity index (χ1n) is 5.10. The summed E-state index contributed by atoms with van der Waals surface area (Å²) < 4.78 is 2.16. The van der Waals surface area contributed by atoms with Gasteiger partial charge in [0.05, 0.1) is 26.3 Å². The highest BCUT2D eigenvalue weighted by Gasteiger charge is 2.14. The Morgan fingerprint density at radius 1 is 1.42 bits per heavy atom. The summed E-state index contributed by atoms with van der Waals surface area (Å²) in [6.45, 7) is -0.0475. The topological polar surface area (TPSA) is 82.2 Å². The number of rotatable bonds is 4. The highest BCUT2D eigenvalue weighted by molar-refractivity contribution is 9.11. The van der Waals surface area contributed by atoms with Crippen molar-refractivity contribution >= 4 is 38.7 Å². The lowest BCUT2D eigenvalue weighted by Crippen LogP contribution is -2.14. The summed E-state index contributed by atoms with van der Waals surface area (Å²) in [6.07, 6.45) is 2.43. The standard InChI is InChI=1S/C11H7BrN2O4S/c12-11-2-1-10(19-11)9(16)6-13-4-3-8(15)7(5-13)14(17)18/h1-5H,6H2. The molecule has 2 rings (SSSR count). The second-order valence-corrected chi connectivity index (χ2v) is 6.11. The molecule has 0 aliphatic rings. The van der Waals surface area contributed by atoms with Crippen LogP contribution >= 0.6 is 27.3 Å². The predicted molar refractivity (Wildman–Crippen MR) is 73.7 cm³/mol. The molecule has 0 saturated carbocycles. The molecule has 2 heterocycles. The van der Waals surface area contributed by atoms with Crippen molar-refractivity contribution in [2.24, 2.45) is 0 Å². The minimum atomic E-state index is -0.759. The predicted octanol–water partition coefficient (Wildman–Crippen LogP) is 2.46. The van der Waals surface area contributed by atoms with Gasteiger partial charge in [0.15, 0.2) is 5.78 Å². The average Bonchev–Trinajstić information content (AvgIpc) is 2.78. The Bertz CT molecular complexity index is 707. The van der Waals surface area contributed by atoms with Gasteiger partial charge in [0.2, 0.25) is 0 Å². The van der Waals surface area contributed by atoms with Gasteiger partial charge in [0.25, 0.3) is 5.43 Å². The van der Waals surface area contributed by atoms with E-state index in [1.807, 2.05) is 0 Å². The Hall–Kier alpha value is -1.80. The summed E-state index contributed by atoms with van der Waals surface area (Å²) in [7, 11) is 0. The van der Waals surface area contributed by atoms with Crippen LogP contribution in [0, 0.1) is 10.1 Å². The monoisotopic (exact) mass is 342 g/mol. The fraction of sp³-hybridized carbons (Fsp3) is 0.0909. The Balaban J connectivity index is 2.24.